The van der Waals surface area contributed by atoms with E-state index >= 15 is 4.39 Å². The van der Waals surface area contributed by atoms with Gasteiger partial charge in [-0.2, -0.15) is 0 Å². The minimum atomic E-state index is -1.25. The normalized spacial score (nSPS) is 29.0. The summed E-state index contributed by atoms with van der Waals surface area (Å²) in [5.74, 6) is 0. The van der Waals surface area contributed by atoms with Gasteiger partial charge in [-0.1, -0.05) is 44.2 Å². The molecular weight excluding hydrogens is 303 g/mol. The van der Waals surface area contributed by atoms with Gasteiger partial charge in [-0.3, -0.25) is 0 Å². The van der Waals surface area contributed by atoms with Crippen LogP contribution in [0.2, 0.25) is 0 Å². The van der Waals surface area contributed by atoms with Gasteiger partial charge in [-0.15, -0.1) is 0 Å². The van der Waals surface area contributed by atoms with Gasteiger partial charge in [0.05, 0.1) is 12.2 Å². The molecule has 0 radical (unpaired) electrons. The van der Waals surface area contributed by atoms with Gasteiger partial charge in [-0.25, -0.2) is 4.39 Å². The highest BCUT2D eigenvalue weighted by Gasteiger charge is 2.68. The standard InChI is InChI=1S/C20H17FN2O/c1-19(2)14-8-7-13-12-5-3-4-6-15(12)24-17(13)16(14)23-10-9-22-11-20(19,21)18(22)23/h3-10,18H,11H2,1-2H3/t18?,20-/m1/s1. The van der Waals surface area contributed by atoms with Crippen LogP contribution in [-0.4, -0.2) is 23.3 Å². The van der Waals surface area contributed by atoms with Gasteiger partial charge < -0.3 is 14.2 Å². The Balaban J connectivity index is 1.76. The van der Waals surface area contributed by atoms with Crippen molar-refractivity contribution in [2.45, 2.75) is 31.1 Å². The average molecular weight is 320 g/mol. The first-order valence-electron chi connectivity index (χ1n) is 8.38. The molecule has 1 unspecified atom stereocenters. The van der Waals surface area contributed by atoms with Crippen molar-refractivity contribution < 1.29 is 8.81 Å². The first-order chi connectivity index (χ1) is 11.5. The van der Waals surface area contributed by atoms with Crippen molar-refractivity contribution in [3.05, 3.63) is 54.4 Å². The van der Waals surface area contributed by atoms with E-state index in [4.69, 9.17) is 4.42 Å². The molecule has 3 aliphatic rings. The van der Waals surface area contributed by atoms with E-state index < -0.39 is 11.1 Å². The fourth-order valence-electron chi connectivity index (χ4n) is 4.81. The van der Waals surface area contributed by atoms with Gasteiger partial charge >= 0.3 is 0 Å². The number of halogens is 1. The maximum atomic E-state index is 15.8. The number of anilines is 1. The number of para-hydroxylation sites is 1. The summed E-state index contributed by atoms with van der Waals surface area (Å²) in [6.07, 6.45) is 3.74. The molecule has 4 heterocycles. The quantitative estimate of drug-likeness (QED) is 0.607. The molecule has 3 nitrogen and oxygen atoms in total. The molecule has 3 aromatic rings. The molecule has 0 bridgehead atoms. The molecule has 6 rings (SSSR count). The fraction of sp³-hybridized carbons (Fsp3) is 0.300. The van der Waals surface area contributed by atoms with Crippen LogP contribution in [0.5, 0.6) is 0 Å². The van der Waals surface area contributed by atoms with Crippen LogP contribution in [0, 0.1) is 0 Å². The minimum absolute atomic E-state index is 0.251. The summed E-state index contributed by atoms with van der Waals surface area (Å²) in [5, 5.41) is 2.21. The molecule has 0 amide bonds. The molecule has 120 valence electrons. The second-order valence-corrected chi connectivity index (χ2v) is 7.68. The molecule has 4 heteroatoms. The Labute approximate surface area is 138 Å². The van der Waals surface area contributed by atoms with Gasteiger partial charge in [0.15, 0.2) is 11.3 Å². The van der Waals surface area contributed by atoms with Crippen LogP contribution in [0.3, 0.4) is 0 Å². The summed E-state index contributed by atoms with van der Waals surface area (Å²) in [4.78, 5) is 4.14. The monoisotopic (exact) mass is 320 g/mol. The highest BCUT2D eigenvalue weighted by molar-refractivity contribution is 6.10. The Bertz CT molecular complexity index is 1070. The third-order valence-corrected chi connectivity index (χ3v) is 6.31. The number of rotatable bonds is 0. The Morgan fingerprint density at radius 3 is 2.79 bits per heavy atom. The Morgan fingerprint density at radius 2 is 1.92 bits per heavy atom. The highest BCUT2D eigenvalue weighted by Crippen LogP contribution is 2.59. The number of furan rings is 1. The van der Waals surface area contributed by atoms with Gasteiger partial charge in [0.1, 0.15) is 11.7 Å². The van der Waals surface area contributed by atoms with Gasteiger partial charge in [-0.05, 0) is 11.6 Å². The van der Waals surface area contributed by atoms with Crippen molar-refractivity contribution in [1.82, 2.24) is 4.90 Å². The summed E-state index contributed by atoms with van der Waals surface area (Å²) in [6.45, 7) is 4.50. The second kappa shape index (κ2) is 3.61. The van der Waals surface area contributed by atoms with Crippen molar-refractivity contribution in [2.24, 2.45) is 0 Å². The van der Waals surface area contributed by atoms with Crippen LogP contribution in [0.1, 0.15) is 19.4 Å². The van der Waals surface area contributed by atoms with E-state index in [1.807, 2.05) is 44.4 Å². The molecule has 0 saturated carbocycles. The van der Waals surface area contributed by atoms with Crippen molar-refractivity contribution in [1.29, 1.82) is 0 Å². The van der Waals surface area contributed by atoms with Crippen molar-refractivity contribution in [3.63, 3.8) is 0 Å². The zero-order valence-electron chi connectivity index (χ0n) is 13.6. The minimum Gasteiger partial charge on any atom is -0.454 e. The van der Waals surface area contributed by atoms with Crippen LogP contribution in [0.15, 0.2) is 53.2 Å². The number of hydrogen-bond donors (Lipinski definition) is 0. The lowest BCUT2D eigenvalue weighted by Gasteiger charge is -2.62. The summed E-state index contributed by atoms with van der Waals surface area (Å²) in [5.41, 5.74) is 1.98. The van der Waals surface area contributed by atoms with Crippen LogP contribution >= 0.6 is 0 Å². The largest absolute Gasteiger partial charge is 0.454 e. The number of alkyl halides is 1. The first-order valence-corrected chi connectivity index (χ1v) is 8.38. The fourth-order valence-corrected chi connectivity index (χ4v) is 4.81. The van der Waals surface area contributed by atoms with E-state index in [0.717, 1.165) is 33.2 Å². The lowest BCUT2D eigenvalue weighted by Crippen LogP contribution is -2.77. The molecule has 2 atom stereocenters. The Hall–Kier alpha value is -2.49. The summed E-state index contributed by atoms with van der Waals surface area (Å²) < 4.78 is 22.0. The van der Waals surface area contributed by atoms with Crippen molar-refractivity contribution in [3.8, 4) is 0 Å². The first kappa shape index (κ1) is 12.9. The van der Waals surface area contributed by atoms with Crippen LogP contribution in [0.4, 0.5) is 10.1 Å². The molecule has 1 aromatic heterocycles. The number of benzene rings is 2. The predicted molar refractivity (Wildman–Crippen MR) is 92.7 cm³/mol. The van der Waals surface area contributed by atoms with E-state index in [1.54, 1.807) is 0 Å². The van der Waals surface area contributed by atoms with Crippen LogP contribution < -0.4 is 4.90 Å². The molecule has 0 spiro atoms. The zero-order chi connectivity index (χ0) is 16.3. The molecule has 2 aromatic carbocycles. The molecule has 0 N–H and O–H groups in total. The molecule has 3 aliphatic heterocycles. The molecule has 24 heavy (non-hydrogen) atoms. The second-order valence-electron chi connectivity index (χ2n) is 7.68. The van der Waals surface area contributed by atoms with E-state index in [0.29, 0.717) is 6.54 Å². The lowest BCUT2D eigenvalue weighted by molar-refractivity contribution is -0.110. The topological polar surface area (TPSA) is 19.6 Å². The van der Waals surface area contributed by atoms with Gasteiger partial charge in [0, 0.05) is 28.6 Å². The third kappa shape index (κ3) is 1.14. The van der Waals surface area contributed by atoms with E-state index in [1.165, 1.54) is 0 Å². The maximum Gasteiger partial charge on any atom is 0.176 e. The predicted octanol–water partition coefficient (Wildman–Crippen LogP) is 4.52. The summed E-state index contributed by atoms with van der Waals surface area (Å²) in [6, 6.07) is 12.3. The van der Waals surface area contributed by atoms with Crippen molar-refractivity contribution in [2.75, 3.05) is 11.4 Å². The Morgan fingerprint density at radius 1 is 1.08 bits per heavy atom. The van der Waals surface area contributed by atoms with Gasteiger partial charge in [0.25, 0.3) is 0 Å². The van der Waals surface area contributed by atoms with Crippen LogP contribution in [0.25, 0.3) is 21.9 Å². The number of fused-ring (bicyclic) bond motifs is 6. The van der Waals surface area contributed by atoms with Crippen LogP contribution in [-0.2, 0) is 5.41 Å². The van der Waals surface area contributed by atoms with Crippen molar-refractivity contribution >= 4 is 27.6 Å². The third-order valence-electron chi connectivity index (χ3n) is 6.31. The number of nitrogens with zero attached hydrogens (tertiary/aromatic N) is 2. The van der Waals surface area contributed by atoms with Gasteiger partial charge in [0.2, 0.25) is 0 Å². The number of hydrogen-bond acceptors (Lipinski definition) is 3. The molecule has 1 saturated heterocycles. The summed E-state index contributed by atoms with van der Waals surface area (Å²) in [7, 11) is 0. The smallest absolute Gasteiger partial charge is 0.176 e. The van der Waals surface area contributed by atoms with E-state index in [9.17, 15) is 0 Å². The Kier molecular flexibility index (Phi) is 1.94. The van der Waals surface area contributed by atoms with E-state index in [2.05, 4.69) is 28.0 Å². The molecular formula is C20H17FN2O. The zero-order valence-corrected chi connectivity index (χ0v) is 13.6. The average Bonchev–Trinajstić information content (AvgIpc) is 3.10. The highest BCUT2D eigenvalue weighted by atomic mass is 19.1. The van der Waals surface area contributed by atoms with E-state index in [-0.39, 0.29) is 6.17 Å². The lowest BCUT2D eigenvalue weighted by atomic mass is 9.62. The molecule has 0 aliphatic carbocycles. The molecule has 1 fully saturated rings. The SMILES string of the molecule is CC1(C)c2ccc3c(oc4ccccc43)c2N2C=CN3C[C@@]1(F)C32. The summed E-state index contributed by atoms with van der Waals surface area (Å²) >= 11 is 0. The maximum absolute atomic E-state index is 15.8.